The maximum Gasteiger partial charge on any atom is 0.320 e. The third-order valence-corrected chi connectivity index (χ3v) is 4.34. The second-order valence-corrected chi connectivity index (χ2v) is 6.54. The Morgan fingerprint density at radius 3 is 2.07 bits per heavy atom. The number of carbonyl (C=O) groups excluding carboxylic acids is 2. The van der Waals surface area contributed by atoms with Crippen LogP contribution in [0, 0.1) is 26.7 Å². The van der Waals surface area contributed by atoms with Crippen molar-refractivity contribution in [1.29, 1.82) is 0 Å². The van der Waals surface area contributed by atoms with Crippen molar-refractivity contribution in [3.05, 3.63) is 46.9 Å². The second kappa shape index (κ2) is 9.35. The summed E-state index contributed by atoms with van der Waals surface area (Å²) in [7, 11) is 0. The molecule has 6 heteroatoms. The number of esters is 2. The number of rotatable bonds is 8. The molecule has 0 saturated heterocycles. The number of aromatic nitrogens is 2. The van der Waals surface area contributed by atoms with Gasteiger partial charge in [0, 0.05) is 17.1 Å². The van der Waals surface area contributed by atoms with Gasteiger partial charge in [0.2, 0.25) is 0 Å². The molecule has 0 fully saturated rings. The SMILES string of the molecule is CCOC(=O)C(CCc1cc(C)cc(-n2c(C)ccc2C)n1)C(=O)OCC. The molecule has 0 N–H and O–H groups in total. The van der Waals surface area contributed by atoms with Gasteiger partial charge in [0.15, 0.2) is 5.92 Å². The van der Waals surface area contributed by atoms with Gasteiger partial charge in [-0.05, 0) is 77.3 Å². The highest BCUT2D eigenvalue weighted by Gasteiger charge is 2.29. The van der Waals surface area contributed by atoms with Crippen LogP contribution in [-0.2, 0) is 25.5 Å². The van der Waals surface area contributed by atoms with E-state index in [4.69, 9.17) is 14.5 Å². The Bertz CT molecular complexity index is 773. The molecule has 2 heterocycles. The van der Waals surface area contributed by atoms with Crippen LogP contribution in [0.1, 0.15) is 42.9 Å². The fourth-order valence-corrected chi connectivity index (χ4v) is 3.10. The molecule has 0 radical (unpaired) electrons. The first kappa shape index (κ1) is 20.7. The zero-order valence-corrected chi connectivity index (χ0v) is 16.7. The molecule has 146 valence electrons. The predicted molar refractivity (Wildman–Crippen MR) is 103 cm³/mol. The molecular weight excluding hydrogens is 344 g/mol. The standard InChI is InChI=1S/C21H28N2O4/c1-6-26-20(24)18(21(25)27-7-2)11-10-17-12-14(3)13-19(22-17)23-15(4)8-9-16(23)5/h8-9,12-13,18H,6-7,10-11H2,1-5H3. The Balaban J connectivity index is 2.23. The quantitative estimate of drug-likeness (QED) is 0.524. The molecule has 0 aliphatic carbocycles. The molecule has 0 saturated carbocycles. The van der Waals surface area contributed by atoms with Crippen LogP contribution in [0.5, 0.6) is 0 Å². The van der Waals surface area contributed by atoms with Crippen LogP contribution in [0.4, 0.5) is 0 Å². The van der Waals surface area contributed by atoms with Crippen molar-refractivity contribution in [2.75, 3.05) is 13.2 Å². The Morgan fingerprint density at radius 1 is 1.00 bits per heavy atom. The third-order valence-electron chi connectivity index (χ3n) is 4.34. The molecule has 0 aliphatic rings. The van der Waals surface area contributed by atoms with Crippen molar-refractivity contribution >= 4 is 11.9 Å². The number of ether oxygens (including phenoxy) is 2. The molecule has 2 aromatic rings. The van der Waals surface area contributed by atoms with E-state index in [9.17, 15) is 9.59 Å². The van der Waals surface area contributed by atoms with Crippen LogP contribution >= 0.6 is 0 Å². The minimum Gasteiger partial charge on any atom is -0.465 e. The fraction of sp³-hybridized carbons (Fsp3) is 0.476. The second-order valence-electron chi connectivity index (χ2n) is 6.54. The van der Waals surface area contributed by atoms with Gasteiger partial charge < -0.3 is 14.0 Å². The Morgan fingerprint density at radius 2 is 1.56 bits per heavy atom. The zero-order valence-electron chi connectivity index (χ0n) is 16.7. The summed E-state index contributed by atoms with van der Waals surface area (Å²) in [5.74, 6) is -1.17. The summed E-state index contributed by atoms with van der Waals surface area (Å²) in [5, 5.41) is 0. The van der Waals surface area contributed by atoms with Crippen LogP contribution in [0.3, 0.4) is 0 Å². The average Bonchev–Trinajstić information content (AvgIpc) is 2.93. The molecule has 0 atom stereocenters. The van der Waals surface area contributed by atoms with Gasteiger partial charge >= 0.3 is 11.9 Å². The molecule has 0 unspecified atom stereocenters. The number of nitrogens with zero attached hydrogens (tertiary/aromatic N) is 2. The summed E-state index contributed by atoms with van der Waals surface area (Å²) in [6.45, 7) is 9.98. The molecule has 27 heavy (non-hydrogen) atoms. The topological polar surface area (TPSA) is 70.4 Å². The summed E-state index contributed by atoms with van der Waals surface area (Å²) >= 11 is 0. The highest BCUT2D eigenvalue weighted by Crippen LogP contribution is 2.19. The average molecular weight is 372 g/mol. The van der Waals surface area contributed by atoms with Crippen LogP contribution in [0.2, 0.25) is 0 Å². The van der Waals surface area contributed by atoms with Crippen molar-refractivity contribution in [3.63, 3.8) is 0 Å². The largest absolute Gasteiger partial charge is 0.465 e. The van der Waals surface area contributed by atoms with Crippen LogP contribution < -0.4 is 0 Å². The van der Waals surface area contributed by atoms with Gasteiger partial charge in [0.05, 0.1) is 13.2 Å². The maximum atomic E-state index is 12.1. The van der Waals surface area contributed by atoms with Gasteiger partial charge in [-0.15, -0.1) is 0 Å². The lowest BCUT2D eigenvalue weighted by Crippen LogP contribution is -2.28. The summed E-state index contributed by atoms with van der Waals surface area (Å²) in [4.78, 5) is 29.0. The van der Waals surface area contributed by atoms with Crippen LogP contribution in [0.25, 0.3) is 5.82 Å². The maximum absolute atomic E-state index is 12.1. The number of carbonyl (C=O) groups is 2. The van der Waals surface area contributed by atoms with Crippen LogP contribution in [-0.4, -0.2) is 34.7 Å². The minimum atomic E-state index is -0.925. The molecule has 0 spiro atoms. The Kier molecular flexibility index (Phi) is 7.16. The lowest BCUT2D eigenvalue weighted by Gasteiger charge is -2.15. The van der Waals surface area contributed by atoms with Crippen molar-refractivity contribution in [2.24, 2.45) is 5.92 Å². The third kappa shape index (κ3) is 5.18. The number of hydrogen-bond donors (Lipinski definition) is 0. The van der Waals surface area contributed by atoms with E-state index in [-0.39, 0.29) is 13.2 Å². The van der Waals surface area contributed by atoms with E-state index in [1.54, 1.807) is 13.8 Å². The molecule has 0 aliphatic heterocycles. The van der Waals surface area contributed by atoms with E-state index in [1.165, 1.54) is 0 Å². The first-order valence-corrected chi connectivity index (χ1v) is 9.33. The van der Waals surface area contributed by atoms with E-state index < -0.39 is 17.9 Å². The molecular formula is C21H28N2O4. The smallest absolute Gasteiger partial charge is 0.320 e. The van der Waals surface area contributed by atoms with E-state index in [2.05, 4.69) is 16.7 Å². The van der Waals surface area contributed by atoms with Crippen molar-refractivity contribution < 1.29 is 19.1 Å². The molecule has 2 rings (SSSR count). The number of hydrogen-bond acceptors (Lipinski definition) is 5. The summed E-state index contributed by atoms with van der Waals surface area (Å²) in [6, 6.07) is 8.11. The van der Waals surface area contributed by atoms with E-state index in [0.29, 0.717) is 12.8 Å². The highest BCUT2D eigenvalue weighted by molar-refractivity contribution is 5.94. The number of aryl methyl sites for hydroxylation is 4. The lowest BCUT2D eigenvalue weighted by molar-refractivity contribution is -0.161. The molecule has 0 aromatic carbocycles. The van der Waals surface area contributed by atoms with E-state index in [0.717, 1.165) is 28.5 Å². The lowest BCUT2D eigenvalue weighted by atomic mass is 10.0. The zero-order chi connectivity index (χ0) is 20.0. The van der Waals surface area contributed by atoms with Crippen molar-refractivity contribution in [1.82, 2.24) is 9.55 Å². The molecule has 2 aromatic heterocycles. The Labute approximate surface area is 160 Å². The first-order chi connectivity index (χ1) is 12.9. The van der Waals surface area contributed by atoms with Gasteiger partial charge in [-0.1, -0.05) is 0 Å². The van der Waals surface area contributed by atoms with Gasteiger partial charge in [-0.25, -0.2) is 4.98 Å². The molecule has 0 bridgehead atoms. The first-order valence-electron chi connectivity index (χ1n) is 9.33. The van der Waals surface area contributed by atoms with Crippen LogP contribution in [0.15, 0.2) is 24.3 Å². The van der Waals surface area contributed by atoms with E-state index in [1.807, 2.05) is 32.9 Å². The van der Waals surface area contributed by atoms with Gasteiger partial charge in [-0.2, -0.15) is 0 Å². The summed E-state index contributed by atoms with van der Waals surface area (Å²) in [6.07, 6.45) is 0.785. The normalized spacial score (nSPS) is 10.9. The van der Waals surface area contributed by atoms with Gasteiger partial charge in [0.25, 0.3) is 0 Å². The molecule has 0 amide bonds. The number of pyridine rings is 1. The summed E-state index contributed by atoms with van der Waals surface area (Å²) < 4.78 is 12.2. The van der Waals surface area contributed by atoms with E-state index >= 15 is 0 Å². The van der Waals surface area contributed by atoms with Gasteiger partial charge in [-0.3, -0.25) is 9.59 Å². The Hall–Kier alpha value is -2.63. The fourth-order valence-electron chi connectivity index (χ4n) is 3.10. The van der Waals surface area contributed by atoms with Gasteiger partial charge in [0.1, 0.15) is 5.82 Å². The minimum absolute atomic E-state index is 0.230. The molecule has 6 nitrogen and oxygen atoms in total. The van der Waals surface area contributed by atoms with Crippen molar-refractivity contribution in [2.45, 2.75) is 47.5 Å². The summed E-state index contributed by atoms with van der Waals surface area (Å²) in [5.41, 5.74) is 4.11. The van der Waals surface area contributed by atoms with Crippen molar-refractivity contribution in [3.8, 4) is 5.82 Å². The monoisotopic (exact) mass is 372 g/mol. The predicted octanol–water partition coefficient (Wildman–Crippen LogP) is 3.47. The highest BCUT2D eigenvalue weighted by atomic mass is 16.6.